The van der Waals surface area contributed by atoms with Gasteiger partial charge in [-0.3, -0.25) is 4.79 Å². The fourth-order valence-electron chi connectivity index (χ4n) is 2.55. The lowest BCUT2D eigenvalue weighted by atomic mass is 9.97. The van der Waals surface area contributed by atoms with Crippen LogP contribution in [0.4, 0.5) is 0 Å². The normalized spacial score (nSPS) is 11.4. The number of carbonyl (C=O) groups excluding carboxylic acids is 1. The van der Waals surface area contributed by atoms with Gasteiger partial charge >= 0.3 is 5.97 Å². The monoisotopic (exact) mass is 294 g/mol. The molecular formula is C20H22O2. The summed E-state index contributed by atoms with van der Waals surface area (Å²) in [4.78, 5) is 10.9. The number of hydrogen-bond donors (Lipinski definition) is 0. The lowest BCUT2D eigenvalue weighted by Gasteiger charge is -2.09. The van der Waals surface area contributed by atoms with E-state index in [1.54, 1.807) is 0 Å². The average molecular weight is 294 g/mol. The first-order valence-electron chi connectivity index (χ1n) is 7.55. The summed E-state index contributed by atoms with van der Waals surface area (Å²) in [5, 5.41) is 0. The molecule has 114 valence electrons. The van der Waals surface area contributed by atoms with Crippen LogP contribution in [0.5, 0.6) is 5.75 Å². The molecule has 0 fully saturated rings. The van der Waals surface area contributed by atoms with Crippen LogP contribution in [-0.2, 0) is 4.79 Å². The average Bonchev–Trinajstić information content (AvgIpc) is 2.44. The van der Waals surface area contributed by atoms with Crippen molar-refractivity contribution in [3.63, 3.8) is 0 Å². The van der Waals surface area contributed by atoms with E-state index in [0.29, 0.717) is 5.75 Å². The Morgan fingerprint density at radius 3 is 2.14 bits per heavy atom. The summed E-state index contributed by atoms with van der Waals surface area (Å²) in [6.07, 6.45) is 3.15. The van der Waals surface area contributed by atoms with E-state index in [2.05, 4.69) is 45.0 Å². The Hall–Kier alpha value is -2.35. The van der Waals surface area contributed by atoms with Gasteiger partial charge in [0.1, 0.15) is 5.75 Å². The molecule has 0 aliphatic carbocycles. The lowest BCUT2D eigenvalue weighted by Crippen LogP contribution is -2.00. The van der Waals surface area contributed by atoms with Crippen LogP contribution in [0, 0.1) is 13.8 Å². The van der Waals surface area contributed by atoms with Crippen LogP contribution < -0.4 is 4.74 Å². The Bertz CT molecular complexity index is 674. The van der Waals surface area contributed by atoms with Gasteiger partial charge in [0.2, 0.25) is 0 Å². The second-order valence-corrected chi connectivity index (χ2v) is 5.56. The Labute approximate surface area is 132 Å². The maximum Gasteiger partial charge on any atom is 0.308 e. The third kappa shape index (κ3) is 4.32. The van der Waals surface area contributed by atoms with Crippen molar-refractivity contribution < 1.29 is 9.53 Å². The number of aryl methyl sites for hydroxylation is 2. The van der Waals surface area contributed by atoms with Gasteiger partial charge in [-0.15, -0.1) is 0 Å². The number of carbonyl (C=O) groups is 1. The third-order valence-electron chi connectivity index (χ3n) is 3.46. The van der Waals surface area contributed by atoms with Gasteiger partial charge in [-0.2, -0.15) is 0 Å². The van der Waals surface area contributed by atoms with Crippen molar-refractivity contribution in [2.75, 3.05) is 0 Å². The Morgan fingerprint density at radius 2 is 1.64 bits per heavy atom. The smallest absolute Gasteiger partial charge is 0.308 e. The Balaban J connectivity index is 2.30. The SMILES string of the molecule is CCC(=Cc1ccc(OC(C)=O)cc1)c1cc(C)cc(C)c1. The van der Waals surface area contributed by atoms with Crippen molar-refractivity contribution >= 4 is 17.6 Å². The zero-order valence-electron chi connectivity index (χ0n) is 13.6. The molecule has 0 aromatic heterocycles. The summed E-state index contributed by atoms with van der Waals surface area (Å²) in [5.74, 6) is 0.280. The summed E-state index contributed by atoms with van der Waals surface area (Å²) in [5.41, 5.74) is 6.22. The summed E-state index contributed by atoms with van der Waals surface area (Å²) in [7, 11) is 0. The molecule has 0 radical (unpaired) electrons. The molecule has 0 unspecified atom stereocenters. The largest absolute Gasteiger partial charge is 0.427 e. The molecule has 0 bridgehead atoms. The molecule has 0 saturated carbocycles. The highest BCUT2D eigenvalue weighted by Crippen LogP contribution is 2.24. The van der Waals surface area contributed by atoms with Crippen LogP contribution in [0.25, 0.3) is 11.6 Å². The molecule has 0 amide bonds. The zero-order chi connectivity index (χ0) is 16.1. The molecule has 0 atom stereocenters. The minimum absolute atomic E-state index is 0.298. The number of benzene rings is 2. The second-order valence-electron chi connectivity index (χ2n) is 5.56. The molecular weight excluding hydrogens is 272 g/mol. The Morgan fingerprint density at radius 1 is 1.05 bits per heavy atom. The predicted molar refractivity (Wildman–Crippen MR) is 91.8 cm³/mol. The summed E-state index contributed by atoms with van der Waals surface area (Å²) in [6, 6.07) is 14.2. The van der Waals surface area contributed by atoms with Crippen LogP contribution in [-0.4, -0.2) is 5.97 Å². The van der Waals surface area contributed by atoms with Crippen LogP contribution in [0.2, 0.25) is 0 Å². The Kier molecular flexibility index (Phi) is 5.16. The molecule has 2 nitrogen and oxygen atoms in total. The molecule has 0 N–H and O–H groups in total. The maximum atomic E-state index is 10.9. The van der Waals surface area contributed by atoms with Crippen LogP contribution in [0.3, 0.4) is 0 Å². The molecule has 2 heteroatoms. The lowest BCUT2D eigenvalue weighted by molar-refractivity contribution is -0.131. The number of esters is 1. The first kappa shape index (κ1) is 16.0. The molecule has 22 heavy (non-hydrogen) atoms. The van der Waals surface area contributed by atoms with Crippen molar-refractivity contribution in [3.05, 3.63) is 64.7 Å². The van der Waals surface area contributed by atoms with E-state index >= 15 is 0 Å². The highest BCUT2D eigenvalue weighted by molar-refractivity contribution is 5.82. The summed E-state index contributed by atoms with van der Waals surface area (Å²) >= 11 is 0. The number of hydrogen-bond acceptors (Lipinski definition) is 2. The highest BCUT2D eigenvalue weighted by atomic mass is 16.5. The zero-order valence-corrected chi connectivity index (χ0v) is 13.6. The van der Waals surface area contributed by atoms with Gasteiger partial charge < -0.3 is 4.74 Å². The second kappa shape index (κ2) is 7.08. The van der Waals surface area contributed by atoms with E-state index in [4.69, 9.17) is 4.74 Å². The minimum Gasteiger partial charge on any atom is -0.427 e. The van der Waals surface area contributed by atoms with Crippen molar-refractivity contribution in [3.8, 4) is 5.75 Å². The number of ether oxygens (including phenoxy) is 1. The minimum atomic E-state index is -0.298. The standard InChI is InChI=1S/C20H22O2/c1-5-18(19-11-14(2)10-15(3)12-19)13-17-6-8-20(9-7-17)22-16(4)21/h6-13H,5H2,1-4H3. The van der Waals surface area contributed by atoms with Crippen molar-refractivity contribution in [1.82, 2.24) is 0 Å². The molecule has 2 aromatic carbocycles. The van der Waals surface area contributed by atoms with Crippen LogP contribution in [0.1, 0.15) is 42.5 Å². The maximum absolute atomic E-state index is 10.9. The van der Waals surface area contributed by atoms with E-state index in [1.165, 1.54) is 29.2 Å². The van der Waals surface area contributed by atoms with Crippen LogP contribution >= 0.6 is 0 Å². The van der Waals surface area contributed by atoms with E-state index < -0.39 is 0 Å². The number of allylic oxidation sites excluding steroid dienone is 1. The van der Waals surface area contributed by atoms with Gasteiger partial charge in [-0.25, -0.2) is 0 Å². The topological polar surface area (TPSA) is 26.3 Å². The van der Waals surface area contributed by atoms with E-state index in [0.717, 1.165) is 12.0 Å². The first-order chi connectivity index (χ1) is 10.5. The first-order valence-corrected chi connectivity index (χ1v) is 7.55. The molecule has 2 aromatic rings. The fraction of sp³-hybridized carbons (Fsp3) is 0.250. The molecule has 0 aliphatic heterocycles. The van der Waals surface area contributed by atoms with Crippen molar-refractivity contribution in [1.29, 1.82) is 0 Å². The number of rotatable bonds is 4. The summed E-state index contributed by atoms with van der Waals surface area (Å²) in [6.45, 7) is 7.81. The van der Waals surface area contributed by atoms with Gasteiger partial charge in [0, 0.05) is 6.92 Å². The van der Waals surface area contributed by atoms with Crippen molar-refractivity contribution in [2.45, 2.75) is 34.1 Å². The molecule has 0 heterocycles. The molecule has 0 saturated heterocycles. The fourth-order valence-corrected chi connectivity index (χ4v) is 2.55. The van der Waals surface area contributed by atoms with E-state index in [1.807, 2.05) is 24.3 Å². The van der Waals surface area contributed by atoms with Gasteiger partial charge in [-0.05, 0) is 49.1 Å². The van der Waals surface area contributed by atoms with E-state index in [9.17, 15) is 4.79 Å². The highest BCUT2D eigenvalue weighted by Gasteiger charge is 2.03. The molecule has 0 spiro atoms. The van der Waals surface area contributed by atoms with Gasteiger partial charge in [0.25, 0.3) is 0 Å². The quantitative estimate of drug-likeness (QED) is 0.441. The molecule has 2 rings (SSSR count). The van der Waals surface area contributed by atoms with Gasteiger partial charge in [0.15, 0.2) is 0 Å². The van der Waals surface area contributed by atoms with Gasteiger partial charge in [0.05, 0.1) is 0 Å². The van der Waals surface area contributed by atoms with Crippen molar-refractivity contribution in [2.24, 2.45) is 0 Å². The molecule has 0 aliphatic rings. The third-order valence-corrected chi connectivity index (χ3v) is 3.46. The van der Waals surface area contributed by atoms with Crippen LogP contribution in [0.15, 0.2) is 42.5 Å². The summed E-state index contributed by atoms with van der Waals surface area (Å²) < 4.78 is 5.06. The predicted octanol–water partition coefficient (Wildman–Crippen LogP) is 5.18. The van der Waals surface area contributed by atoms with E-state index in [-0.39, 0.29) is 5.97 Å². The van der Waals surface area contributed by atoms with Gasteiger partial charge in [-0.1, -0.05) is 54.5 Å².